The Morgan fingerprint density at radius 2 is 0.536 bits per heavy atom. The minimum atomic E-state index is -0.550. The summed E-state index contributed by atoms with van der Waals surface area (Å²) in [5.74, 6) is 0. The Kier molecular flexibility index (Phi) is 9.77. The van der Waals surface area contributed by atoms with Gasteiger partial charge in [-0.1, -0.05) is 206 Å². The summed E-state index contributed by atoms with van der Waals surface area (Å²) in [5, 5.41) is 0. The fourth-order valence-corrected chi connectivity index (χ4v) is 11.2. The van der Waals surface area contributed by atoms with E-state index in [2.05, 4.69) is 289 Å². The van der Waals surface area contributed by atoms with Crippen molar-refractivity contribution in [1.82, 2.24) is 0 Å². The first-order valence-electron chi connectivity index (χ1n) is 23.8. The number of benzene rings is 11. The molecule has 1 unspecified atom stereocenters. The Labute approximate surface area is 404 Å². The lowest BCUT2D eigenvalue weighted by atomic mass is 9.70. The molecule has 0 aromatic heterocycles. The topological polar surface area (TPSA) is 6.48 Å². The predicted molar refractivity (Wildman–Crippen MR) is 288 cm³/mol. The molecule has 2 nitrogen and oxygen atoms in total. The van der Waals surface area contributed by atoms with E-state index in [0.29, 0.717) is 0 Å². The minimum absolute atomic E-state index is 0.550. The number of fused-ring (bicyclic) bond motifs is 10. The maximum atomic E-state index is 2.49. The van der Waals surface area contributed by atoms with Crippen LogP contribution in [0.1, 0.15) is 22.3 Å². The number of hydrogen-bond acceptors (Lipinski definition) is 2. The summed E-state index contributed by atoms with van der Waals surface area (Å²) in [6.45, 7) is 0. The van der Waals surface area contributed by atoms with E-state index >= 15 is 0 Å². The molecule has 1 atom stereocenters. The van der Waals surface area contributed by atoms with E-state index < -0.39 is 5.41 Å². The molecule has 13 rings (SSSR count). The summed E-state index contributed by atoms with van der Waals surface area (Å²) in [4.78, 5) is 4.84. The van der Waals surface area contributed by atoms with Crippen molar-refractivity contribution in [2.75, 3.05) is 9.80 Å². The molecule has 0 heterocycles. The van der Waals surface area contributed by atoms with Gasteiger partial charge in [-0.05, 0) is 151 Å². The van der Waals surface area contributed by atoms with Crippen molar-refractivity contribution in [2.24, 2.45) is 0 Å². The first-order valence-corrected chi connectivity index (χ1v) is 23.8. The van der Waals surface area contributed by atoms with Gasteiger partial charge in [-0.25, -0.2) is 0 Å². The molecule has 2 aliphatic rings. The molecule has 11 aromatic carbocycles. The molecule has 0 saturated heterocycles. The molecule has 0 radical (unpaired) electrons. The molecule has 0 bridgehead atoms. The fraction of sp³-hybridized carbons (Fsp3) is 0.0149. The Balaban J connectivity index is 1.00. The van der Waals surface area contributed by atoms with Crippen LogP contribution in [0.5, 0.6) is 0 Å². The van der Waals surface area contributed by atoms with Gasteiger partial charge in [0.1, 0.15) is 0 Å². The smallest absolute Gasteiger partial charge is 0.0726 e. The standard InChI is InChI=1S/C67H46N2/c1-5-19-47(20-6-1)50-35-37-54(38-36-50)69(56-30-18-26-52(44-56)49-23-9-3-10-24-49)58-39-41-61-59-31-13-15-33-63(59)67(66(61)46-58)64-34-16-14-32-60(64)62-45-57(40-42-65(62)67)68(53-27-11-4-12-28-53)55-29-17-25-51(43-55)48-21-7-2-8-22-48/h1-46H. The summed E-state index contributed by atoms with van der Waals surface area (Å²) in [5.41, 5.74) is 23.5. The Hall–Kier alpha value is -8.98. The molecule has 0 N–H and O–H groups in total. The average Bonchev–Trinajstić information content (AvgIpc) is 3.89. The van der Waals surface area contributed by atoms with E-state index in [-0.39, 0.29) is 0 Å². The second-order valence-electron chi connectivity index (χ2n) is 18.1. The molecular formula is C67H46N2. The molecule has 0 saturated carbocycles. The summed E-state index contributed by atoms with van der Waals surface area (Å²) in [6, 6.07) is 102. The van der Waals surface area contributed by atoms with Crippen molar-refractivity contribution in [3.05, 3.63) is 301 Å². The third kappa shape index (κ3) is 6.72. The third-order valence-electron chi connectivity index (χ3n) is 14.2. The van der Waals surface area contributed by atoms with Crippen LogP contribution in [-0.4, -0.2) is 0 Å². The summed E-state index contributed by atoms with van der Waals surface area (Å²) in [7, 11) is 0. The SMILES string of the molecule is c1ccc(-c2ccc(N(c3cccc(-c4ccccc4)c3)c3ccc4c(c3)C3(c5ccccc5-c5cc(N(c6ccccc6)c6cccc(-c7ccccc7)c6)ccc53)c3ccccc3-4)cc2)cc1. The van der Waals surface area contributed by atoms with Crippen molar-refractivity contribution in [2.45, 2.75) is 5.41 Å². The lowest BCUT2D eigenvalue weighted by Gasteiger charge is -2.33. The highest BCUT2D eigenvalue weighted by Gasteiger charge is 2.52. The number of para-hydroxylation sites is 1. The lowest BCUT2D eigenvalue weighted by Crippen LogP contribution is -2.26. The zero-order valence-corrected chi connectivity index (χ0v) is 38.0. The highest BCUT2D eigenvalue weighted by molar-refractivity contribution is 5.98. The lowest BCUT2D eigenvalue weighted by molar-refractivity contribution is 0.793. The van der Waals surface area contributed by atoms with E-state index in [4.69, 9.17) is 0 Å². The van der Waals surface area contributed by atoms with Crippen LogP contribution in [0.15, 0.2) is 279 Å². The van der Waals surface area contributed by atoms with E-state index in [1.165, 1.54) is 77.9 Å². The van der Waals surface area contributed by atoms with E-state index in [1.54, 1.807) is 0 Å². The van der Waals surface area contributed by atoms with Gasteiger partial charge < -0.3 is 9.80 Å². The molecule has 0 fully saturated rings. The van der Waals surface area contributed by atoms with Crippen LogP contribution in [0, 0.1) is 0 Å². The normalized spacial score (nSPS) is 13.9. The monoisotopic (exact) mass is 878 g/mol. The van der Waals surface area contributed by atoms with Crippen molar-refractivity contribution < 1.29 is 0 Å². The first kappa shape index (κ1) is 40.3. The maximum Gasteiger partial charge on any atom is 0.0726 e. The molecule has 2 aliphatic carbocycles. The molecule has 0 amide bonds. The minimum Gasteiger partial charge on any atom is -0.310 e. The molecule has 0 aliphatic heterocycles. The van der Waals surface area contributed by atoms with E-state index in [1.807, 2.05) is 0 Å². The Morgan fingerprint density at radius 1 is 0.188 bits per heavy atom. The second-order valence-corrected chi connectivity index (χ2v) is 18.1. The quantitative estimate of drug-likeness (QED) is 0.143. The van der Waals surface area contributed by atoms with Gasteiger partial charge in [0.25, 0.3) is 0 Å². The number of hydrogen-bond donors (Lipinski definition) is 0. The van der Waals surface area contributed by atoms with Gasteiger partial charge in [0.2, 0.25) is 0 Å². The van der Waals surface area contributed by atoms with Crippen LogP contribution in [0.4, 0.5) is 34.1 Å². The van der Waals surface area contributed by atoms with Crippen molar-refractivity contribution in [1.29, 1.82) is 0 Å². The number of nitrogens with zero attached hydrogens (tertiary/aromatic N) is 2. The van der Waals surface area contributed by atoms with E-state index in [9.17, 15) is 0 Å². The van der Waals surface area contributed by atoms with E-state index in [0.717, 1.165) is 34.1 Å². The molecule has 11 aromatic rings. The molecule has 324 valence electrons. The largest absolute Gasteiger partial charge is 0.310 e. The first-order chi connectivity index (χ1) is 34.2. The van der Waals surface area contributed by atoms with Gasteiger partial charge in [0.05, 0.1) is 5.41 Å². The van der Waals surface area contributed by atoms with Crippen LogP contribution < -0.4 is 9.80 Å². The van der Waals surface area contributed by atoms with Crippen LogP contribution in [0.3, 0.4) is 0 Å². The Morgan fingerprint density at radius 3 is 1.10 bits per heavy atom. The van der Waals surface area contributed by atoms with Gasteiger partial charge in [-0.3, -0.25) is 0 Å². The van der Waals surface area contributed by atoms with Gasteiger partial charge >= 0.3 is 0 Å². The van der Waals surface area contributed by atoms with Crippen molar-refractivity contribution in [3.63, 3.8) is 0 Å². The summed E-state index contributed by atoms with van der Waals surface area (Å²) < 4.78 is 0. The van der Waals surface area contributed by atoms with Gasteiger partial charge in [0.15, 0.2) is 0 Å². The van der Waals surface area contributed by atoms with Gasteiger partial charge in [-0.2, -0.15) is 0 Å². The van der Waals surface area contributed by atoms with Crippen molar-refractivity contribution in [3.8, 4) is 55.6 Å². The molecule has 1 spiro atoms. The molecular weight excluding hydrogens is 833 g/mol. The van der Waals surface area contributed by atoms with Gasteiger partial charge in [0, 0.05) is 34.1 Å². The van der Waals surface area contributed by atoms with Gasteiger partial charge in [-0.15, -0.1) is 0 Å². The number of rotatable bonds is 9. The predicted octanol–water partition coefficient (Wildman–Crippen LogP) is 18.0. The Bertz CT molecular complexity index is 3660. The summed E-state index contributed by atoms with van der Waals surface area (Å²) in [6.07, 6.45) is 0. The number of anilines is 6. The second kappa shape index (κ2) is 16.7. The van der Waals surface area contributed by atoms with Crippen LogP contribution in [0.25, 0.3) is 55.6 Å². The third-order valence-corrected chi connectivity index (χ3v) is 14.2. The maximum absolute atomic E-state index is 2.49. The molecule has 2 heteroatoms. The average molecular weight is 879 g/mol. The fourth-order valence-electron chi connectivity index (χ4n) is 11.2. The van der Waals surface area contributed by atoms with Crippen LogP contribution >= 0.6 is 0 Å². The molecule has 69 heavy (non-hydrogen) atoms. The zero-order chi connectivity index (χ0) is 45.7. The highest BCUT2D eigenvalue weighted by atomic mass is 15.1. The van der Waals surface area contributed by atoms with Crippen molar-refractivity contribution >= 4 is 34.1 Å². The van der Waals surface area contributed by atoms with Crippen LogP contribution in [-0.2, 0) is 5.41 Å². The summed E-state index contributed by atoms with van der Waals surface area (Å²) >= 11 is 0. The van der Waals surface area contributed by atoms with Crippen LogP contribution in [0.2, 0.25) is 0 Å². The highest BCUT2D eigenvalue weighted by Crippen LogP contribution is 2.64. The zero-order valence-electron chi connectivity index (χ0n) is 38.0.